The number of hydrogen-bond donors (Lipinski definition) is 1. The van der Waals surface area contributed by atoms with Gasteiger partial charge in [0.15, 0.2) is 0 Å². The summed E-state index contributed by atoms with van der Waals surface area (Å²) in [5.74, 6) is -0.477. The Morgan fingerprint density at radius 1 is 1.47 bits per heavy atom. The normalized spacial score (nSPS) is 19.0. The molecule has 0 radical (unpaired) electrons. The number of benzene rings is 1. The Bertz CT molecular complexity index is 484. The van der Waals surface area contributed by atoms with Crippen molar-refractivity contribution < 1.29 is 19.0 Å². The molecule has 0 bridgehead atoms. The first-order valence-corrected chi connectivity index (χ1v) is 6.05. The zero-order chi connectivity index (χ0) is 13.8. The number of nitrogens with zero attached hydrogens (tertiary/aromatic N) is 1. The summed E-state index contributed by atoms with van der Waals surface area (Å²) < 4.78 is 17.6. The van der Waals surface area contributed by atoms with Crippen molar-refractivity contribution in [3.63, 3.8) is 0 Å². The lowest BCUT2D eigenvalue weighted by molar-refractivity contribution is 0.116. The van der Waals surface area contributed by atoms with E-state index in [1.54, 1.807) is 12.1 Å². The lowest BCUT2D eigenvalue weighted by atomic mass is 9.90. The van der Waals surface area contributed by atoms with Gasteiger partial charge in [-0.1, -0.05) is 18.2 Å². The maximum absolute atomic E-state index is 12.9. The first-order valence-electron chi connectivity index (χ1n) is 6.05. The zero-order valence-electron chi connectivity index (χ0n) is 10.7. The standard InChI is InChI=1S/C14H16FNO3/c1-19-14(18)16-7-6-13(11(8-16)9-17)10-2-4-12(15)5-3-10/h2-6,11,17H,7-9H2,1H3/t11-/m0/s1. The van der Waals surface area contributed by atoms with Gasteiger partial charge in [-0.25, -0.2) is 9.18 Å². The van der Waals surface area contributed by atoms with Crippen LogP contribution in [0.3, 0.4) is 0 Å². The van der Waals surface area contributed by atoms with E-state index in [1.807, 2.05) is 6.08 Å². The third-order valence-corrected chi connectivity index (χ3v) is 3.24. The van der Waals surface area contributed by atoms with Crippen LogP contribution in [0.2, 0.25) is 0 Å². The van der Waals surface area contributed by atoms with Crippen molar-refractivity contribution in [3.05, 3.63) is 41.7 Å². The second-order valence-corrected chi connectivity index (χ2v) is 4.42. The Labute approximate surface area is 111 Å². The number of carbonyl (C=O) groups excluding carboxylic acids is 1. The molecule has 5 heteroatoms. The molecule has 2 rings (SSSR count). The van der Waals surface area contributed by atoms with Crippen LogP contribution in [0.1, 0.15) is 5.56 Å². The van der Waals surface area contributed by atoms with E-state index in [1.165, 1.54) is 24.1 Å². The number of carbonyl (C=O) groups is 1. The van der Waals surface area contributed by atoms with Crippen LogP contribution >= 0.6 is 0 Å². The average Bonchev–Trinajstić information content (AvgIpc) is 2.46. The molecule has 1 atom stereocenters. The van der Waals surface area contributed by atoms with Gasteiger partial charge < -0.3 is 14.7 Å². The molecule has 19 heavy (non-hydrogen) atoms. The molecule has 0 aliphatic carbocycles. The van der Waals surface area contributed by atoms with Crippen LogP contribution < -0.4 is 0 Å². The van der Waals surface area contributed by atoms with Crippen molar-refractivity contribution in [1.82, 2.24) is 4.90 Å². The Kier molecular flexibility index (Phi) is 4.16. The summed E-state index contributed by atoms with van der Waals surface area (Å²) >= 11 is 0. The SMILES string of the molecule is COC(=O)N1CC=C(c2ccc(F)cc2)[C@H](CO)C1. The van der Waals surface area contributed by atoms with E-state index in [4.69, 9.17) is 0 Å². The van der Waals surface area contributed by atoms with Gasteiger partial charge >= 0.3 is 6.09 Å². The van der Waals surface area contributed by atoms with Crippen LogP contribution in [0.4, 0.5) is 9.18 Å². The van der Waals surface area contributed by atoms with Gasteiger partial charge in [0.2, 0.25) is 0 Å². The van der Waals surface area contributed by atoms with Gasteiger partial charge in [0.25, 0.3) is 0 Å². The highest BCUT2D eigenvalue weighted by atomic mass is 19.1. The number of methoxy groups -OCH3 is 1. The van der Waals surface area contributed by atoms with Crippen LogP contribution in [0, 0.1) is 11.7 Å². The Hall–Kier alpha value is -1.88. The van der Waals surface area contributed by atoms with Gasteiger partial charge in [-0.15, -0.1) is 0 Å². The van der Waals surface area contributed by atoms with Gasteiger partial charge in [0.05, 0.1) is 13.7 Å². The molecule has 1 N–H and O–H groups in total. The molecule has 4 nitrogen and oxygen atoms in total. The minimum absolute atomic E-state index is 0.0727. The summed E-state index contributed by atoms with van der Waals surface area (Å²) in [4.78, 5) is 13.0. The molecule has 0 saturated heterocycles. The highest BCUT2D eigenvalue weighted by Gasteiger charge is 2.26. The highest BCUT2D eigenvalue weighted by Crippen LogP contribution is 2.28. The molecule has 0 saturated carbocycles. The third kappa shape index (κ3) is 2.93. The lowest BCUT2D eigenvalue weighted by Crippen LogP contribution is -2.40. The molecule has 1 amide bonds. The minimum atomic E-state index is -0.409. The van der Waals surface area contributed by atoms with Gasteiger partial charge in [-0.2, -0.15) is 0 Å². The van der Waals surface area contributed by atoms with E-state index >= 15 is 0 Å². The molecule has 0 fully saturated rings. The summed E-state index contributed by atoms with van der Waals surface area (Å²) in [6.07, 6.45) is 1.46. The van der Waals surface area contributed by atoms with Crippen LogP contribution in [-0.4, -0.2) is 42.9 Å². The molecule has 0 spiro atoms. The van der Waals surface area contributed by atoms with Gasteiger partial charge in [0.1, 0.15) is 5.82 Å². The fraction of sp³-hybridized carbons (Fsp3) is 0.357. The van der Waals surface area contributed by atoms with Crippen LogP contribution in [0.25, 0.3) is 5.57 Å². The molecule has 1 heterocycles. The molecule has 1 aromatic rings. The predicted molar refractivity (Wildman–Crippen MR) is 68.9 cm³/mol. The first kappa shape index (κ1) is 13.5. The van der Waals surface area contributed by atoms with E-state index in [-0.39, 0.29) is 18.3 Å². The molecule has 0 unspecified atom stereocenters. The van der Waals surface area contributed by atoms with Gasteiger partial charge in [-0.05, 0) is 23.3 Å². The number of ether oxygens (including phenoxy) is 1. The minimum Gasteiger partial charge on any atom is -0.453 e. The molecule has 1 aromatic carbocycles. The third-order valence-electron chi connectivity index (χ3n) is 3.24. The number of rotatable bonds is 2. The fourth-order valence-corrected chi connectivity index (χ4v) is 2.24. The van der Waals surface area contributed by atoms with Gasteiger partial charge in [-0.3, -0.25) is 0 Å². The van der Waals surface area contributed by atoms with Crippen molar-refractivity contribution in [2.24, 2.45) is 5.92 Å². The number of halogens is 1. The number of aliphatic hydroxyl groups excluding tert-OH is 1. The predicted octanol–water partition coefficient (Wildman–Crippen LogP) is 1.90. The molecular weight excluding hydrogens is 249 g/mol. The second kappa shape index (κ2) is 5.84. The highest BCUT2D eigenvalue weighted by molar-refractivity contribution is 5.73. The van der Waals surface area contributed by atoms with Crippen molar-refractivity contribution in [3.8, 4) is 0 Å². The van der Waals surface area contributed by atoms with E-state index < -0.39 is 6.09 Å². The molecular formula is C14H16FNO3. The summed E-state index contributed by atoms with van der Waals surface area (Å²) in [6, 6.07) is 6.13. The van der Waals surface area contributed by atoms with Crippen LogP contribution in [0.5, 0.6) is 0 Å². The quantitative estimate of drug-likeness (QED) is 0.888. The summed E-state index contributed by atoms with van der Waals surface area (Å²) in [6.45, 7) is 0.749. The summed E-state index contributed by atoms with van der Waals surface area (Å²) in [5, 5.41) is 9.46. The number of aliphatic hydroxyl groups is 1. The maximum Gasteiger partial charge on any atom is 0.409 e. The van der Waals surface area contributed by atoms with Crippen molar-refractivity contribution in [2.45, 2.75) is 0 Å². The molecule has 1 aliphatic rings. The van der Waals surface area contributed by atoms with E-state index in [2.05, 4.69) is 4.74 Å². The summed E-state index contributed by atoms with van der Waals surface area (Å²) in [5.41, 5.74) is 1.80. The first-order chi connectivity index (χ1) is 9.15. The Morgan fingerprint density at radius 2 is 2.16 bits per heavy atom. The fourth-order valence-electron chi connectivity index (χ4n) is 2.24. The van der Waals surface area contributed by atoms with E-state index in [0.717, 1.165) is 11.1 Å². The second-order valence-electron chi connectivity index (χ2n) is 4.42. The smallest absolute Gasteiger partial charge is 0.409 e. The Morgan fingerprint density at radius 3 is 2.74 bits per heavy atom. The van der Waals surface area contributed by atoms with Crippen molar-refractivity contribution in [2.75, 3.05) is 26.8 Å². The maximum atomic E-state index is 12.9. The van der Waals surface area contributed by atoms with Gasteiger partial charge in [0, 0.05) is 19.0 Å². The van der Waals surface area contributed by atoms with Crippen molar-refractivity contribution in [1.29, 1.82) is 0 Å². The molecule has 102 valence electrons. The average molecular weight is 265 g/mol. The van der Waals surface area contributed by atoms with E-state index in [0.29, 0.717) is 13.1 Å². The lowest BCUT2D eigenvalue weighted by Gasteiger charge is -2.31. The monoisotopic (exact) mass is 265 g/mol. The Balaban J connectivity index is 2.23. The number of amides is 1. The number of hydrogen-bond acceptors (Lipinski definition) is 3. The largest absolute Gasteiger partial charge is 0.453 e. The zero-order valence-corrected chi connectivity index (χ0v) is 10.7. The van der Waals surface area contributed by atoms with E-state index in [9.17, 15) is 14.3 Å². The van der Waals surface area contributed by atoms with Crippen LogP contribution in [-0.2, 0) is 4.74 Å². The summed E-state index contributed by atoms with van der Waals surface area (Å²) in [7, 11) is 1.33. The molecule has 0 aromatic heterocycles. The topological polar surface area (TPSA) is 49.8 Å². The molecule has 1 aliphatic heterocycles. The van der Waals surface area contributed by atoms with Crippen molar-refractivity contribution >= 4 is 11.7 Å². The van der Waals surface area contributed by atoms with Crippen LogP contribution in [0.15, 0.2) is 30.3 Å².